The highest BCUT2D eigenvalue weighted by molar-refractivity contribution is 5.82. The minimum atomic E-state index is -0.635. The van der Waals surface area contributed by atoms with Crippen molar-refractivity contribution in [1.29, 1.82) is 0 Å². The highest BCUT2D eigenvalue weighted by Gasteiger charge is 2.14. The van der Waals surface area contributed by atoms with E-state index in [2.05, 4.69) is 30.2 Å². The molecule has 0 saturated carbocycles. The van der Waals surface area contributed by atoms with E-state index in [1.165, 1.54) is 25.6 Å². The molecular formula is C16H14FN7O2. The first-order valence-electron chi connectivity index (χ1n) is 7.40. The van der Waals surface area contributed by atoms with Crippen molar-refractivity contribution in [3.8, 4) is 17.3 Å². The summed E-state index contributed by atoms with van der Waals surface area (Å²) in [5.41, 5.74) is 6.73. The van der Waals surface area contributed by atoms with Crippen LogP contribution in [0.25, 0.3) is 11.4 Å². The van der Waals surface area contributed by atoms with Crippen molar-refractivity contribution >= 4 is 23.7 Å². The van der Waals surface area contributed by atoms with Gasteiger partial charge in [0.2, 0.25) is 11.8 Å². The second-order valence-electron chi connectivity index (χ2n) is 5.19. The molecule has 0 radical (unpaired) electrons. The molecular weight excluding hydrogens is 341 g/mol. The molecule has 3 heterocycles. The van der Waals surface area contributed by atoms with Gasteiger partial charge in [-0.05, 0) is 13.0 Å². The third kappa shape index (κ3) is 3.53. The lowest BCUT2D eigenvalue weighted by atomic mass is 10.1. The molecule has 0 bridgehead atoms. The van der Waals surface area contributed by atoms with Crippen LogP contribution in [0.5, 0.6) is 5.88 Å². The normalized spacial score (nSPS) is 10.4. The predicted molar refractivity (Wildman–Crippen MR) is 91.6 cm³/mol. The number of nitrogens with two attached hydrogens (primary N) is 1. The maximum Gasteiger partial charge on any atom is 0.250 e. The molecule has 3 aromatic heterocycles. The minimum Gasteiger partial charge on any atom is -0.479 e. The van der Waals surface area contributed by atoms with Crippen molar-refractivity contribution < 1.29 is 13.9 Å². The average molecular weight is 355 g/mol. The molecule has 9 nitrogen and oxygen atoms in total. The highest BCUT2D eigenvalue weighted by atomic mass is 19.1. The topological polar surface area (TPSA) is 129 Å². The number of pyridine rings is 2. The molecule has 3 rings (SSSR count). The number of nitrogens with one attached hydrogen (secondary N) is 1. The number of aldehydes is 1. The van der Waals surface area contributed by atoms with Crippen LogP contribution in [0.4, 0.5) is 21.8 Å². The Hall–Kier alpha value is -3.69. The largest absolute Gasteiger partial charge is 0.479 e. The summed E-state index contributed by atoms with van der Waals surface area (Å²) in [6.07, 6.45) is 3.39. The second kappa shape index (κ2) is 7.05. The third-order valence-electron chi connectivity index (χ3n) is 3.31. The van der Waals surface area contributed by atoms with Gasteiger partial charge >= 0.3 is 0 Å². The summed E-state index contributed by atoms with van der Waals surface area (Å²) in [5.74, 6) is 0.214. The van der Waals surface area contributed by atoms with Crippen molar-refractivity contribution in [2.45, 2.75) is 6.92 Å². The number of halogens is 1. The van der Waals surface area contributed by atoms with E-state index in [4.69, 9.17) is 10.5 Å². The lowest BCUT2D eigenvalue weighted by molar-refractivity contribution is 0.112. The lowest BCUT2D eigenvalue weighted by Gasteiger charge is -2.12. The summed E-state index contributed by atoms with van der Waals surface area (Å²) >= 11 is 0. The molecule has 26 heavy (non-hydrogen) atoms. The molecule has 132 valence electrons. The van der Waals surface area contributed by atoms with Crippen molar-refractivity contribution in [3.05, 3.63) is 41.7 Å². The molecule has 0 aromatic carbocycles. The maximum atomic E-state index is 13.9. The van der Waals surface area contributed by atoms with Gasteiger partial charge in [-0.3, -0.25) is 4.79 Å². The van der Waals surface area contributed by atoms with Gasteiger partial charge in [0.15, 0.2) is 17.9 Å². The van der Waals surface area contributed by atoms with Gasteiger partial charge in [0.25, 0.3) is 0 Å². The number of aromatic nitrogens is 5. The number of carbonyl (C=O) groups is 1. The van der Waals surface area contributed by atoms with Crippen LogP contribution < -0.4 is 15.8 Å². The van der Waals surface area contributed by atoms with Crippen LogP contribution in [0.3, 0.4) is 0 Å². The van der Waals surface area contributed by atoms with E-state index in [0.717, 1.165) is 0 Å². The van der Waals surface area contributed by atoms with Crippen LogP contribution in [0.1, 0.15) is 16.2 Å². The van der Waals surface area contributed by atoms with Crippen LogP contribution in [-0.2, 0) is 0 Å². The number of carbonyl (C=O) groups excluding carboxylic acids is 1. The number of ether oxygens (including phenoxy) is 1. The molecule has 0 aliphatic carbocycles. The zero-order chi connectivity index (χ0) is 18.7. The molecule has 3 N–H and O–H groups in total. The number of aryl methyl sites for hydroxylation is 1. The first-order valence-corrected chi connectivity index (χ1v) is 7.40. The van der Waals surface area contributed by atoms with Gasteiger partial charge in [0.1, 0.15) is 11.6 Å². The Morgan fingerprint density at radius 3 is 2.65 bits per heavy atom. The Bertz CT molecular complexity index is 961. The molecule has 0 atom stereocenters. The Morgan fingerprint density at radius 1 is 1.19 bits per heavy atom. The molecule has 3 aromatic rings. The fraction of sp³-hybridized carbons (Fsp3) is 0.125. The molecule has 10 heteroatoms. The molecule has 0 unspecified atom stereocenters. The Morgan fingerprint density at radius 2 is 2.00 bits per heavy atom. The van der Waals surface area contributed by atoms with Crippen molar-refractivity contribution in [3.63, 3.8) is 0 Å². The summed E-state index contributed by atoms with van der Waals surface area (Å²) in [4.78, 5) is 31.4. The standard InChI is InChI=1S/C16H14FN7O2/c1-8-21-14(24-16(18)22-8)11-3-9(7-25)5-19-13(11)23-10-4-12(17)15(26-2)20-6-10/h3-7H,1-2H3,(H,19,23)(H2,18,21,22,24). The van der Waals surface area contributed by atoms with Gasteiger partial charge in [0.05, 0.1) is 24.6 Å². The van der Waals surface area contributed by atoms with Crippen LogP contribution in [0.15, 0.2) is 24.5 Å². The van der Waals surface area contributed by atoms with Gasteiger partial charge in [-0.15, -0.1) is 0 Å². The zero-order valence-corrected chi connectivity index (χ0v) is 13.9. The molecule has 0 fully saturated rings. The average Bonchev–Trinajstić information content (AvgIpc) is 2.61. The summed E-state index contributed by atoms with van der Waals surface area (Å²) < 4.78 is 18.6. The number of anilines is 3. The van der Waals surface area contributed by atoms with Crippen LogP contribution in [-0.4, -0.2) is 38.3 Å². The molecule has 0 spiro atoms. The number of methoxy groups -OCH3 is 1. The minimum absolute atomic E-state index is 0.0344. The SMILES string of the molecule is COc1ncc(Nc2ncc(C=O)cc2-c2nc(C)nc(N)n2)cc1F. The van der Waals surface area contributed by atoms with Crippen molar-refractivity contribution in [1.82, 2.24) is 24.9 Å². The second-order valence-corrected chi connectivity index (χ2v) is 5.19. The zero-order valence-electron chi connectivity index (χ0n) is 13.9. The molecule has 0 amide bonds. The number of hydrogen-bond donors (Lipinski definition) is 2. The predicted octanol–water partition coefficient (Wildman–Crippen LogP) is 1.92. The summed E-state index contributed by atoms with van der Waals surface area (Å²) in [5, 5.41) is 2.93. The number of nitrogen functional groups attached to an aromatic ring is 1. The fourth-order valence-corrected chi connectivity index (χ4v) is 2.22. The van der Waals surface area contributed by atoms with Crippen LogP contribution in [0.2, 0.25) is 0 Å². The Labute approximate surface area is 147 Å². The van der Waals surface area contributed by atoms with E-state index in [1.807, 2.05) is 0 Å². The number of rotatable bonds is 5. The van der Waals surface area contributed by atoms with Gasteiger partial charge in [0, 0.05) is 17.8 Å². The quantitative estimate of drug-likeness (QED) is 0.659. The third-order valence-corrected chi connectivity index (χ3v) is 3.31. The summed E-state index contributed by atoms with van der Waals surface area (Å²) in [7, 11) is 1.32. The molecule has 0 saturated heterocycles. The van der Waals surface area contributed by atoms with E-state index in [-0.39, 0.29) is 17.7 Å². The fourth-order valence-electron chi connectivity index (χ4n) is 2.22. The van der Waals surface area contributed by atoms with E-state index in [1.54, 1.807) is 13.0 Å². The smallest absolute Gasteiger partial charge is 0.250 e. The van der Waals surface area contributed by atoms with Crippen LogP contribution in [0, 0.1) is 12.7 Å². The monoisotopic (exact) mass is 355 g/mol. The molecule has 0 aliphatic heterocycles. The van der Waals surface area contributed by atoms with Crippen LogP contribution >= 0.6 is 0 Å². The lowest BCUT2D eigenvalue weighted by Crippen LogP contribution is -2.05. The van der Waals surface area contributed by atoms with E-state index >= 15 is 0 Å². The highest BCUT2D eigenvalue weighted by Crippen LogP contribution is 2.28. The van der Waals surface area contributed by atoms with Gasteiger partial charge in [-0.2, -0.15) is 9.97 Å². The summed E-state index contributed by atoms with van der Waals surface area (Å²) in [6.45, 7) is 1.66. The number of hydrogen-bond acceptors (Lipinski definition) is 9. The number of nitrogens with zero attached hydrogens (tertiary/aromatic N) is 5. The van der Waals surface area contributed by atoms with E-state index < -0.39 is 5.82 Å². The Kier molecular flexibility index (Phi) is 4.65. The van der Waals surface area contributed by atoms with Gasteiger partial charge < -0.3 is 15.8 Å². The maximum absolute atomic E-state index is 13.9. The first kappa shape index (κ1) is 17.1. The first-order chi connectivity index (χ1) is 12.5. The van der Waals surface area contributed by atoms with E-state index in [0.29, 0.717) is 34.7 Å². The Balaban J connectivity index is 2.07. The van der Waals surface area contributed by atoms with Crippen molar-refractivity contribution in [2.24, 2.45) is 0 Å². The molecule has 0 aliphatic rings. The van der Waals surface area contributed by atoms with E-state index in [9.17, 15) is 9.18 Å². The summed E-state index contributed by atoms with van der Waals surface area (Å²) in [6, 6.07) is 2.75. The van der Waals surface area contributed by atoms with Crippen molar-refractivity contribution in [2.75, 3.05) is 18.2 Å². The van der Waals surface area contributed by atoms with Gasteiger partial charge in [-0.1, -0.05) is 0 Å². The van der Waals surface area contributed by atoms with Gasteiger partial charge in [-0.25, -0.2) is 19.3 Å².